The molecule has 2 nitrogen and oxygen atoms in total. The van der Waals surface area contributed by atoms with E-state index >= 15 is 0 Å². The summed E-state index contributed by atoms with van der Waals surface area (Å²) < 4.78 is 0. The maximum Gasteiger partial charge on any atom is 0.0991 e. The molecule has 0 saturated heterocycles. The van der Waals surface area contributed by atoms with Crippen molar-refractivity contribution in [3.05, 3.63) is 29.8 Å². The lowest BCUT2D eigenvalue weighted by atomic mass is 10.1. The number of hydrogen-bond acceptors (Lipinski definition) is 2. The van der Waals surface area contributed by atoms with Crippen LogP contribution in [0.4, 0.5) is 5.69 Å². The first-order valence-corrected chi connectivity index (χ1v) is 6.49. The molecule has 92 valence electrons. The highest BCUT2D eigenvalue weighted by atomic mass is 15.2. The second-order valence-electron chi connectivity index (χ2n) is 4.46. The zero-order valence-electron chi connectivity index (χ0n) is 11.1. The molecule has 0 saturated carbocycles. The fraction of sp³-hybridized carbons (Fsp3) is 0.533. The molecular formula is C15H22N2. The third kappa shape index (κ3) is 3.78. The lowest BCUT2D eigenvalue weighted by Crippen LogP contribution is -2.33. The minimum Gasteiger partial charge on any atom is -0.369 e. The molecule has 0 radical (unpaired) electrons. The summed E-state index contributed by atoms with van der Waals surface area (Å²) >= 11 is 0. The van der Waals surface area contributed by atoms with Gasteiger partial charge in [-0.2, -0.15) is 5.26 Å². The molecule has 0 aliphatic rings. The number of rotatable bonds is 6. The molecule has 1 rings (SSSR count). The maximum absolute atomic E-state index is 8.80. The largest absolute Gasteiger partial charge is 0.369 e. The van der Waals surface area contributed by atoms with Crippen molar-refractivity contribution in [3.63, 3.8) is 0 Å². The van der Waals surface area contributed by atoms with E-state index in [9.17, 15) is 0 Å². The second-order valence-corrected chi connectivity index (χ2v) is 4.46. The van der Waals surface area contributed by atoms with Crippen LogP contribution in [0.5, 0.6) is 0 Å². The first kappa shape index (κ1) is 13.6. The van der Waals surface area contributed by atoms with E-state index in [0.717, 1.165) is 18.5 Å². The molecule has 17 heavy (non-hydrogen) atoms. The summed E-state index contributed by atoms with van der Waals surface area (Å²) in [6.45, 7) is 7.78. The third-order valence-electron chi connectivity index (χ3n) is 3.20. The zero-order chi connectivity index (χ0) is 12.7. The highest BCUT2D eigenvalue weighted by Crippen LogP contribution is 2.19. The Balaban J connectivity index is 2.84. The molecule has 0 bridgehead atoms. The summed E-state index contributed by atoms with van der Waals surface area (Å²) in [5, 5.41) is 8.80. The van der Waals surface area contributed by atoms with Crippen LogP contribution < -0.4 is 4.90 Å². The third-order valence-corrected chi connectivity index (χ3v) is 3.20. The first-order valence-electron chi connectivity index (χ1n) is 6.49. The van der Waals surface area contributed by atoms with Crippen LogP contribution in [-0.2, 0) is 0 Å². The highest BCUT2D eigenvalue weighted by Gasteiger charge is 2.12. The Hall–Kier alpha value is -1.49. The highest BCUT2D eigenvalue weighted by molar-refractivity contribution is 5.50. The predicted molar refractivity (Wildman–Crippen MR) is 73.2 cm³/mol. The number of anilines is 1. The Kier molecular flexibility index (Phi) is 5.56. The second kappa shape index (κ2) is 6.96. The van der Waals surface area contributed by atoms with Gasteiger partial charge in [-0.25, -0.2) is 0 Å². The van der Waals surface area contributed by atoms with Crippen LogP contribution in [0.3, 0.4) is 0 Å². The Morgan fingerprint density at radius 1 is 1.24 bits per heavy atom. The molecule has 0 fully saturated rings. The Bertz CT molecular complexity index is 362. The van der Waals surface area contributed by atoms with Crippen LogP contribution in [0.1, 0.15) is 45.6 Å². The topological polar surface area (TPSA) is 27.0 Å². The zero-order valence-corrected chi connectivity index (χ0v) is 11.1. The standard InChI is InChI=1S/C15H22N2/c1-4-6-11-17(13(3)5-2)15-9-7-14(12-16)8-10-15/h7-10,13H,4-6,11H2,1-3H3. The molecule has 2 heteroatoms. The van der Waals surface area contributed by atoms with Crippen molar-refractivity contribution in [2.24, 2.45) is 0 Å². The van der Waals surface area contributed by atoms with Gasteiger partial charge >= 0.3 is 0 Å². The summed E-state index contributed by atoms with van der Waals surface area (Å²) in [7, 11) is 0. The SMILES string of the molecule is CCCCN(c1ccc(C#N)cc1)C(C)CC. The van der Waals surface area contributed by atoms with Crippen LogP contribution in [0.2, 0.25) is 0 Å². The molecule has 0 aromatic heterocycles. The number of unbranched alkanes of at least 4 members (excludes halogenated alkanes) is 1. The van der Waals surface area contributed by atoms with Crippen LogP contribution in [0.15, 0.2) is 24.3 Å². The van der Waals surface area contributed by atoms with Gasteiger partial charge in [0, 0.05) is 18.3 Å². The van der Waals surface area contributed by atoms with Gasteiger partial charge in [0.25, 0.3) is 0 Å². The van der Waals surface area contributed by atoms with Crippen molar-refractivity contribution in [2.45, 2.75) is 46.1 Å². The number of nitrogens with zero attached hydrogens (tertiary/aromatic N) is 2. The normalized spacial score (nSPS) is 11.9. The van der Waals surface area contributed by atoms with Crippen molar-refractivity contribution in [1.29, 1.82) is 5.26 Å². The lowest BCUT2D eigenvalue weighted by Gasteiger charge is -2.30. The summed E-state index contributed by atoms with van der Waals surface area (Å²) in [6.07, 6.45) is 3.57. The molecule has 1 aromatic carbocycles. The van der Waals surface area contributed by atoms with E-state index in [4.69, 9.17) is 5.26 Å². The van der Waals surface area contributed by atoms with Crippen LogP contribution in [0.25, 0.3) is 0 Å². The molecule has 0 aliphatic carbocycles. The van der Waals surface area contributed by atoms with Gasteiger partial charge in [0.1, 0.15) is 0 Å². The Morgan fingerprint density at radius 2 is 1.88 bits per heavy atom. The van der Waals surface area contributed by atoms with Crippen molar-refractivity contribution in [3.8, 4) is 6.07 Å². The fourth-order valence-corrected chi connectivity index (χ4v) is 1.88. The fourth-order valence-electron chi connectivity index (χ4n) is 1.88. The molecular weight excluding hydrogens is 208 g/mol. The van der Waals surface area contributed by atoms with Crippen LogP contribution >= 0.6 is 0 Å². The van der Waals surface area contributed by atoms with Gasteiger partial charge in [-0.05, 0) is 44.0 Å². The van der Waals surface area contributed by atoms with E-state index in [2.05, 4.69) is 43.9 Å². The van der Waals surface area contributed by atoms with Gasteiger partial charge < -0.3 is 4.90 Å². The summed E-state index contributed by atoms with van der Waals surface area (Å²) in [6, 6.07) is 10.6. The first-order chi connectivity index (χ1) is 8.22. The van der Waals surface area contributed by atoms with E-state index in [0.29, 0.717) is 6.04 Å². The molecule has 0 amide bonds. The van der Waals surface area contributed by atoms with Gasteiger partial charge in [-0.15, -0.1) is 0 Å². The quantitative estimate of drug-likeness (QED) is 0.739. The van der Waals surface area contributed by atoms with E-state index in [-0.39, 0.29) is 0 Å². The van der Waals surface area contributed by atoms with Crippen LogP contribution in [-0.4, -0.2) is 12.6 Å². The van der Waals surface area contributed by atoms with Crippen molar-refractivity contribution >= 4 is 5.69 Å². The van der Waals surface area contributed by atoms with Gasteiger partial charge in [0.05, 0.1) is 11.6 Å². The van der Waals surface area contributed by atoms with E-state index in [1.54, 1.807) is 0 Å². The van der Waals surface area contributed by atoms with Gasteiger partial charge in [-0.1, -0.05) is 20.3 Å². The molecule has 1 atom stereocenters. The predicted octanol–water partition coefficient (Wildman–Crippen LogP) is 3.96. The average Bonchev–Trinajstić information content (AvgIpc) is 2.39. The summed E-state index contributed by atoms with van der Waals surface area (Å²) in [4.78, 5) is 2.44. The van der Waals surface area contributed by atoms with E-state index in [1.165, 1.54) is 18.5 Å². The molecule has 1 aromatic rings. The molecule has 0 heterocycles. The number of benzene rings is 1. The Labute approximate surface area is 105 Å². The molecule has 0 aliphatic heterocycles. The van der Waals surface area contributed by atoms with Crippen molar-refractivity contribution < 1.29 is 0 Å². The van der Waals surface area contributed by atoms with Gasteiger partial charge in [0.15, 0.2) is 0 Å². The number of nitriles is 1. The summed E-state index contributed by atoms with van der Waals surface area (Å²) in [5.74, 6) is 0. The van der Waals surface area contributed by atoms with Gasteiger partial charge in [0.2, 0.25) is 0 Å². The minimum absolute atomic E-state index is 0.550. The van der Waals surface area contributed by atoms with E-state index in [1.807, 2.05) is 12.1 Å². The average molecular weight is 230 g/mol. The minimum atomic E-state index is 0.550. The van der Waals surface area contributed by atoms with Gasteiger partial charge in [-0.3, -0.25) is 0 Å². The van der Waals surface area contributed by atoms with Crippen LogP contribution in [0, 0.1) is 11.3 Å². The van der Waals surface area contributed by atoms with Crippen molar-refractivity contribution in [2.75, 3.05) is 11.4 Å². The monoisotopic (exact) mass is 230 g/mol. The smallest absolute Gasteiger partial charge is 0.0991 e. The van der Waals surface area contributed by atoms with Crippen molar-refractivity contribution in [1.82, 2.24) is 0 Å². The Morgan fingerprint density at radius 3 is 2.35 bits per heavy atom. The lowest BCUT2D eigenvalue weighted by molar-refractivity contribution is 0.596. The molecule has 1 unspecified atom stereocenters. The molecule has 0 spiro atoms. The van der Waals surface area contributed by atoms with E-state index < -0.39 is 0 Å². The number of hydrogen-bond donors (Lipinski definition) is 0. The maximum atomic E-state index is 8.80. The summed E-state index contributed by atoms with van der Waals surface area (Å²) in [5.41, 5.74) is 1.96. The molecule has 0 N–H and O–H groups in total.